The molecule has 209 valence electrons. The predicted octanol–water partition coefficient (Wildman–Crippen LogP) is 5.86. The van der Waals surface area contributed by atoms with Crippen LogP contribution in [0.25, 0.3) is 6.08 Å². The molecular weight excluding hydrogens is 541 g/mol. The first-order chi connectivity index (χ1) is 16.7. The van der Waals surface area contributed by atoms with Crippen LogP contribution in [0.3, 0.4) is 0 Å². The van der Waals surface area contributed by atoms with E-state index in [0.717, 1.165) is 6.08 Å². The molecule has 0 spiro atoms. The average Bonchev–Trinajstić information content (AvgIpc) is 2.71. The fourth-order valence-corrected chi connectivity index (χ4v) is 7.97. The highest BCUT2D eigenvalue weighted by atomic mass is 28.4. The molecule has 8 nitrogen and oxygen atoms in total. The van der Waals surface area contributed by atoms with Gasteiger partial charge in [0.2, 0.25) is 11.5 Å². The van der Waals surface area contributed by atoms with Crippen LogP contribution in [0.4, 0.5) is 0 Å². The van der Waals surface area contributed by atoms with Crippen molar-refractivity contribution < 1.29 is 37.4 Å². The molecule has 1 N–H and O–H groups in total. The summed E-state index contributed by atoms with van der Waals surface area (Å²) in [5, 5.41) is 9.50. The van der Waals surface area contributed by atoms with Crippen molar-refractivity contribution >= 4 is 47.2 Å². The van der Waals surface area contributed by atoms with E-state index < -0.39 is 42.8 Å². The number of methoxy groups -OCH3 is 3. The number of carbonyl (C=O) groups is 1. The number of carboxylic acids is 1. The lowest BCUT2D eigenvalue weighted by molar-refractivity contribution is -0.202. The first kappa shape index (κ1) is 33.6. The van der Waals surface area contributed by atoms with Gasteiger partial charge >= 0.3 is 5.97 Å². The molecule has 37 heavy (non-hydrogen) atoms. The number of benzene rings is 1. The van der Waals surface area contributed by atoms with E-state index in [1.54, 1.807) is 6.07 Å². The summed E-state index contributed by atoms with van der Waals surface area (Å²) in [6.07, 6.45) is 1.96. The number of hydrogen-bond donors (Lipinski definition) is 1. The number of hydrogen-bond acceptors (Lipinski definition) is 7. The lowest BCUT2D eigenvalue weighted by atomic mass is 9.91. The van der Waals surface area contributed by atoms with Gasteiger partial charge in [0, 0.05) is 16.3 Å². The van der Waals surface area contributed by atoms with Gasteiger partial charge in [0.15, 0.2) is 36.5 Å². The van der Waals surface area contributed by atoms with E-state index in [4.69, 9.17) is 27.5 Å². The minimum absolute atomic E-state index is 0.214. The van der Waals surface area contributed by atoms with Crippen LogP contribution in [0.1, 0.15) is 18.1 Å². The zero-order chi connectivity index (χ0) is 29.0. The van der Waals surface area contributed by atoms with E-state index in [-0.39, 0.29) is 5.54 Å². The van der Waals surface area contributed by atoms with Crippen LogP contribution in [0.15, 0.2) is 12.1 Å². The summed E-state index contributed by atoms with van der Waals surface area (Å²) in [4.78, 5) is 11.6. The number of ether oxygens (including phenoxy) is 3. The molecule has 12 heteroatoms. The Morgan fingerprint density at radius 2 is 1.38 bits per heavy atom. The zero-order valence-electron chi connectivity index (χ0n) is 24.7. The molecule has 0 bridgehead atoms. The van der Waals surface area contributed by atoms with Gasteiger partial charge in [-0.25, -0.2) is 4.79 Å². The fourth-order valence-electron chi connectivity index (χ4n) is 4.01. The van der Waals surface area contributed by atoms with Crippen molar-refractivity contribution in [2.24, 2.45) is 0 Å². The van der Waals surface area contributed by atoms with Gasteiger partial charge in [-0.1, -0.05) is 6.92 Å². The first-order valence-corrected chi connectivity index (χ1v) is 23.0. The molecular formula is C25H45O8Si4. The third kappa shape index (κ3) is 9.37. The quantitative estimate of drug-likeness (QED) is 0.165. The third-order valence-electron chi connectivity index (χ3n) is 4.84. The van der Waals surface area contributed by atoms with Crippen molar-refractivity contribution in [3.63, 3.8) is 0 Å². The maximum Gasteiger partial charge on any atom is 0.328 e. The van der Waals surface area contributed by atoms with Gasteiger partial charge < -0.3 is 32.6 Å². The molecule has 3 radical (unpaired) electrons. The van der Waals surface area contributed by atoms with Gasteiger partial charge in [0.25, 0.3) is 0 Å². The van der Waals surface area contributed by atoms with Crippen molar-refractivity contribution in [2.75, 3.05) is 21.3 Å². The van der Waals surface area contributed by atoms with Crippen LogP contribution in [-0.2, 0) is 23.9 Å². The topological polar surface area (TPSA) is 92.7 Å². The Balaban J connectivity index is 4.51. The van der Waals surface area contributed by atoms with Crippen molar-refractivity contribution in [1.82, 2.24) is 0 Å². The second-order valence-corrected chi connectivity index (χ2v) is 26.0. The van der Waals surface area contributed by atoms with E-state index in [2.05, 4.69) is 69.2 Å². The minimum atomic E-state index is -2.37. The van der Waals surface area contributed by atoms with E-state index in [9.17, 15) is 9.90 Å². The van der Waals surface area contributed by atoms with Gasteiger partial charge in [-0.2, -0.15) is 0 Å². The lowest BCUT2D eigenvalue weighted by Crippen LogP contribution is -2.58. The molecule has 0 aromatic heterocycles. The summed E-state index contributed by atoms with van der Waals surface area (Å²) in [6.45, 7) is 20.8. The van der Waals surface area contributed by atoms with Crippen molar-refractivity contribution in [3.8, 4) is 17.2 Å². The van der Waals surface area contributed by atoms with Gasteiger partial charge in [0.1, 0.15) is 6.10 Å². The lowest BCUT2D eigenvalue weighted by Gasteiger charge is -2.51. The molecule has 0 aliphatic heterocycles. The summed E-state index contributed by atoms with van der Waals surface area (Å²) in [6, 6.07) is 1.72. The Morgan fingerprint density at radius 3 is 1.70 bits per heavy atom. The van der Waals surface area contributed by atoms with E-state index >= 15 is 0 Å². The molecule has 1 aromatic rings. The molecule has 0 saturated carbocycles. The molecule has 0 fully saturated rings. The number of rotatable bonds is 14. The monoisotopic (exact) mass is 585 g/mol. The normalized spacial score (nSPS) is 15.0. The Bertz CT molecular complexity index is 943. The third-order valence-corrected chi connectivity index (χ3v) is 7.93. The average molecular weight is 586 g/mol. The molecule has 0 amide bonds. The Kier molecular flexibility index (Phi) is 11.5. The molecule has 0 aliphatic carbocycles. The SMILES string of the molecule is COc1cc(C=CC(=O)O)c(C(O[Si](C)(C)C)(O[Si](C)(C)C)C(O[Si](C)(C)C)C(C)[Si])c(OC)c1OC. The molecule has 0 aliphatic rings. The summed E-state index contributed by atoms with van der Waals surface area (Å²) < 4.78 is 38.3. The number of carboxylic acid groups (broad SMARTS) is 1. The minimum Gasteiger partial charge on any atom is -0.493 e. The van der Waals surface area contributed by atoms with Gasteiger partial charge in [-0.15, -0.1) is 0 Å². The second-order valence-electron chi connectivity index (χ2n) is 11.8. The molecule has 1 rings (SSSR count). The smallest absolute Gasteiger partial charge is 0.328 e. The zero-order valence-corrected chi connectivity index (χ0v) is 28.7. The number of aliphatic carboxylic acids is 1. The maximum atomic E-state index is 11.6. The van der Waals surface area contributed by atoms with Crippen LogP contribution < -0.4 is 14.2 Å². The summed E-state index contributed by atoms with van der Waals surface area (Å²) in [7, 11) is 1.53. The Hall–Kier alpha value is -1.42. The highest BCUT2D eigenvalue weighted by molar-refractivity contribution is 6.71. The summed E-state index contributed by atoms with van der Waals surface area (Å²) >= 11 is 0. The predicted molar refractivity (Wildman–Crippen MR) is 157 cm³/mol. The molecule has 2 unspecified atom stereocenters. The molecule has 1 aromatic carbocycles. The van der Waals surface area contributed by atoms with Crippen molar-refractivity contribution in [3.05, 3.63) is 23.3 Å². The van der Waals surface area contributed by atoms with Gasteiger partial charge in [-0.05, 0) is 82.2 Å². The van der Waals surface area contributed by atoms with Crippen molar-refractivity contribution in [1.29, 1.82) is 0 Å². The highest BCUT2D eigenvalue weighted by Crippen LogP contribution is 2.53. The standard InChI is InChI=1S/C25H45O8Si4/c1-17(34)24(31-35(5,6)7)25(32-36(8,9)10,33-37(11,12)13)21-18(14-15-20(26)27)16-19(28-2)22(29-3)23(21)30-4/h14-17,24H,1-13H3,(H,26,27). The largest absolute Gasteiger partial charge is 0.493 e. The molecule has 2 atom stereocenters. The second kappa shape index (κ2) is 12.6. The fraction of sp³-hybridized carbons (Fsp3) is 0.640. The van der Waals surface area contributed by atoms with Gasteiger partial charge in [-0.3, -0.25) is 0 Å². The van der Waals surface area contributed by atoms with Crippen LogP contribution >= 0.6 is 0 Å². The van der Waals surface area contributed by atoms with E-state index in [1.165, 1.54) is 27.4 Å². The maximum absolute atomic E-state index is 11.6. The Morgan fingerprint density at radius 1 is 0.892 bits per heavy atom. The van der Waals surface area contributed by atoms with Crippen LogP contribution in [-0.4, -0.2) is 73.7 Å². The Labute approximate surface area is 229 Å². The molecule has 0 heterocycles. The summed E-state index contributed by atoms with van der Waals surface area (Å²) in [5.74, 6) is -1.48. The van der Waals surface area contributed by atoms with Crippen LogP contribution in [0.2, 0.25) is 64.5 Å². The van der Waals surface area contributed by atoms with E-state index in [1.807, 2.05) is 6.92 Å². The molecule has 0 saturated heterocycles. The van der Waals surface area contributed by atoms with Gasteiger partial charge in [0.05, 0.1) is 26.9 Å². The van der Waals surface area contributed by atoms with Crippen LogP contribution in [0.5, 0.6) is 17.2 Å². The van der Waals surface area contributed by atoms with E-state index in [0.29, 0.717) is 28.4 Å². The van der Waals surface area contributed by atoms with Crippen molar-refractivity contribution in [2.45, 2.75) is 83.3 Å². The first-order valence-electron chi connectivity index (χ1n) is 12.2. The van der Waals surface area contributed by atoms with Crippen LogP contribution in [0, 0.1) is 0 Å². The highest BCUT2D eigenvalue weighted by Gasteiger charge is 2.54. The summed E-state index contributed by atoms with van der Waals surface area (Å²) in [5.41, 5.74) is 0.793.